The van der Waals surface area contributed by atoms with Gasteiger partial charge in [0.1, 0.15) is 5.82 Å². The average Bonchev–Trinajstić information content (AvgIpc) is 2.77. The quantitative estimate of drug-likeness (QED) is 0.876. The molecule has 1 aliphatic heterocycles. The molecule has 0 radical (unpaired) electrons. The zero-order valence-corrected chi connectivity index (χ0v) is 11.3. The summed E-state index contributed by atoms with van der Waals surface area (Å²) in [5.74, 6) is 4.27. The lowest BCUT2D eigenvalue weighted by Gasteiger charge is -2.23. The molecule has 1 aromatic heterocycles. The molecule has 1 aliphatic rings. The second kappa shape index (κ2) is 6.45. The molecule has 0 spiro atoms. The maximum atomic E-state index is 10.1. The standard InChI is InChI=1S/C13H22N2OS/c1-2-15-6-5-14-13(15)10-12(16)9-11-3-7-17-8-4-11/h5-6,11-12,16H,2-4,7-10H2,1H3. The van der Waals surface area contributed by atoms with E-state index in [-0.39, 0.29) is 6.10 Å². The van der Waals surface area contributed by atoms with E-state index in [9.17, 15) is 5.11 Å². The summed E-state index contributed by atoms with van der Waals surface area (Å²) >= 11 is 2.04. The summed E-state index contributed by atoms with van der Waals surface area (Å²) in [6.07, 6.45) is 7.76. The number of nitrogens with zero attached hydrogens (tertiary/aromatic N) is 2. The van der Waals surface area contributed by atoms with Gasteiger partial charge in [-0.1, -0.05) is 0 Å². The molecule has 3 nitrogen and oxygen atoms in total. The van der Waals surface area contributed by atoms with Crippen LogP contribution < -0.4 is 0 Å². The Morgan fingerprint density at radius 3 is 3.00 bits per heavy atom. The highest BCUT2D eigenvalue weighted by Gasteiger charge is 2.19. The maximum absolute atomic E-state index is 10.1. The molecule has 0 amide bonds. The van der Waals surface area contributed by atoms with E-state index in [0.29, 0.717) is 6.42 Å². The van der Waals surface area contributed by atoms with Crippen LogP contribution in [0.5, 0.6) is 0 Å². The SMILES string of the molecule is CCn1ccnc1CC(O)CC1CCSCC1. The van der Waals surface area contributed by atoms with Crippen LogP contribution in [0.15, 0.2) is 12.4 Å². The molecule has 96 valence electrons. The Labute approximate surface area is 108 Å². The number of aromatic nitrogens is 2. The molecule has 17 heavy (non-hydrogen) atoms. The number of aryl methyl sites for hydroxylation is 1. The number of aliphatic hydroxyl groups is 1. The second-order valence-corrected chi connectivity index (χ2v) is 6.00. The molecule has 2 heterocycles. The zero-order valence-electron chi connectivity index (χ0n) is 10.5. The minimum absolute atomic E-state index is 0.226. The summed E-state index contributed by atoms with van der Waals surface area (Å²) in [4.78, 5) is 4.32. The largest absolute Gasteiger partial charge is 0.393 e. The lowest BCUT2D eigenvalue weighted by atomic mass is 9.94. The average molecular weight is 254 g/mol. The normalized spacial score (nSPS) is 19.4. The van der Waals surface area contributed by atoms with Crippen LogP contribution in [-0.2, 0) is 13.0 Å². The summed E-state index contributed by atoms with van der Waals surface area (Å²) in [6, 6.07) is 0. The lowest BCUT2D eigenvalue weighted by Crippen LogP contribution is -2.21. The van der Waals surface area contributed by atoms with Crippen molar-refractivity contribution < 1.29 is 5.11 Å². The van der Waals surface area contributed by atoms with Gasteiger partial charge < -0.3 is 9.67 Å². The highest BCUT2D eigenvalue weighted by Crippen LogP contribution is 2.26. The van der Waals surface area contributed by atoms with Gasteiger partial charge in [-0.3, -0.25) is 0 Å². The lowest BCUT2D eigenvalue weighted by molar-refractivity contribution is 0.136. The van der Waals surface area contributed by atoms with Crippen molar-refractivity contribution >= 4 is 11.8 Å². The Balaban J connectivity index is 1.82. The van der Waals surface area contributed by atoms with Gasteiger partial charge in [0, 0.05) is 25.4 Å². The number of hydrogen-bond donors (Lipinski definition) is 1. The first-order chi connectivity index (χ1) is 8.29. The van der Waals surface area contributed by atoms with Gasteiger partial charge in [0.25, 0.3) is 0 Å². The minimum Gasteiger partial charge on any atom is -0.393 e. The van der Waals surface area contributed by atoms with Crippen LogP contribution in [0.4, 0.5) is 0 Å². The van der Waals surface area contributed by atoms with E-state index in [0.717, 1.165) is 24.7 Å². The number of imidazole rings is 1. The van der Waals surface area contributed by atoms with E-state index in [1.54, 1.807) is 0 Å². The molecule has 0 aliphatic carbocycles. The minimum atomic E-state index is -0.226. The Morgan fingerprint density at radius 2 is 2.29 bits per heavy atom. The molecular weight excluding hydrogens is 232 g/mol. The molecule has 1 fully saturated rings. The number of thioether (sulfide) groups is 1. The molecular formula is C13H22N2OS. The van der Waals surface area contributed by atoms with E-state index in [2.05, 4.69) is 16.5 Å². The van der Waals surface area contributed by atoms with Crippen LogP contribution >= 0.6 is 11.8 Å². The first kappa shape index (κ1) is 13.0. The summed E-state index contributed by atoms with van der Waals surface area (Å²) in [7, 11) is 0. The monoisotopic (exact) mass is 254 g/mol. The fraction of sp³-hybridized carbons (Fsp3) is 0.769. The fourth-order valence-electron chi connectivity index (χ4n) is 2.48. The Bertz CT molecular complexity index is 334. The molecule has 0 aromatic carbocycles. The summed E-state index contributed by atoms with van der Waals surface area (Å²) in [6.45, 7) is 3.04. The van der Waals surface area contributed by atoms with Crippen molar-refractivity contribution in [1.82, 2.24) is 9.55 Å². The van der Waals surface area contributed by atoms with Crippen LogP contribution in [0.25, 0.3) is 0 Å². The predicted molar refractivity (Wildman–Crippen MR) is 72.3 cm³/mol. The fourth-order valence-corrected chi connectivity index (χ4v) is 3.68. The van der Waals surface area contributed by atoms with Gasteiger partial charge in [-0.2, -0.15) is 11.8 Å². The number of hydrogen-bond acceptors (Lipinski definition) is 3. The van der Waals surface area contributed by atoms with Crippen molar-refractivity contribution in [2.24, 2.45) is 5.92 Å². The first-order valence-corrected chi connectivity index (χ1v) is 7.71. The van der Waals surface area contributed by atoms with Crippen molar-refractivity contribution in [3.05, 3.63) is 18.2 Å². The van der Waals surface area contributed by atoms with Gasteiger partial charge in [-0.05, 0) is 43.6 Å². The van der Waals surface area contributed by atoms with Gasteiger partial charge >= 0.3 is 0 Å². The predicted octanol–water partition coefficient (Wildman–Crippen LogP) is 2.34. The van der Waals surface area contributed by atoms with E-state index in [1.165, 1.54) is 24.3 Å². The highest BCUT2D eigenvalue weighted by molar-refractivity contribution is 7.99. The molecule has 1 aromatic rings. The van der Waals surface area contributed by atoms with Gasteiger partial charge in [0.15, 0.2) is 0 Å². The van der Waals surface area contributed by atoms with Crippen LogP contribution in [0.1, 0.15) is 32.0 Å². The van der Waals surface area contributed by atoms with Crippen LogP contribution in [0.2, 0.25) is 0 Å². The Hall–Kier alpha value is -0.480. The van der Waals surface area contributed by atoms with Crippen LogP contribution in [0, 0.1) is 5.92 Å². The van der Waals surface area contributed by atoms with Crippen LogP contribution in [-0.4, -0.2) is 32.3 Å². The summed E-state index contributed by atoms with van der Waals surface area (Å²) in [5, 5.41) is 10.1. The summed E-state index contributed by atoms with van der Waals surface area (Å²) < 4.78 is 2.11. The third-order valence-electron chi connectivity index (χ3n) is 3.51. The smallest absolute Gasteiger partial charge is 0.111 e. The molecule has 4 heteroatoms. The van der Waals surface area contributed by atoms with Crippen LogP contribution in [0.3, 0.4) is 0 Å². The Morgan fingerprint density at radius 1 is 1.53 bits per heavy atom. The van der Waals surface area contributed by atoms with E-state index in [1.807, 2.05) is 24.2 Å². The highest BCUT2D eigenvalue weighted by atomic mass is 32.2. The zero-order chi connectivity index (χ0) is 12.1. The van der Waals surface area contributed by atoms with E-state index in [4.69, 9.17) is 0 Å². The first-order valence-electron chi connectivity index (χ1n) is 6.55. The molecule has 1 saturated heterocycles. The van der Waals surface area contributed by atoms with Crippen molar-refractivity contribution in [2.45, 2.75) is 45.3 Å². The van der Waals surface area contributed by atoms with Crippen molar-refractivity contribution in [2.75, 3.05) is 11.5 Å². The Kier molecular flexibility index (Phi) is 4.92. The third kappa shape index (κ3) is 3.75. The van der Waals surface area contributed by atoms with Gasteiger partial charge in [-0.15, -0.1) is 0 Å². The molecule has 1 atom stereocenters. The van der Waals surface area contributed by atoms with Crippen molar-refractivity contribution in [3.63, 3.8) is 0 Å². The van der Waals surface area contributed by atoms with Gasteiger partial charge in [0.05, 0.1) is 6.10 Å². The van der Waals surface area contributed by atoms with Gasteiger partial charge in [0.2, 0.25) is 0 Å². The number of rotatable bonds is 5. The topological polar surface area (TPSA) is 38.0 Å². The van der Waals surface area contributed by atoms with E-state index >= 15 is 0 Å². The third-order valence-corrected chi connectivity index (χ3v) is 4.56. The number of aliphatic hydroxyl groups excluding tert-OH is 1. The molecule has 0 bridgehead atoms. The molecule has 1 unspecified atom stereocenters. The molecule has 0 saturated carbocycles. The maximum Gasteiger partial charge on any atom is 0.111 e. The second-order valence-electron chi connectivity index (χ2n) is 4.78. The summed E-state index contributed by atoms with van der Waals surface area (Å²) in [5.41, 5.74) is 0. The molecule has 2 rings (SSSR count). The van der Waals surface area contributed by atoms with E-state index < -0.39 is 0 Å². The molecule has 1 N–H and O–H groups in total. The van der Waals surface area contributed by atoms with Gasteiger partial charge in [-0.25, -0.2) is 4.98 Å². The van der Waals surface area contributed by atoms with Crippen molar-refractivity contribution in [3.8, 4) is 0 Å². The van der Waals surface area contributed by atoms with Crippen molar-refractivity contribution in [1.29, 1.82) is 0 Å².